The van der Waals surface area contributed by atoms with Gasteiger partial charge < -0.3 is 15.8 Å². The largest absolute Gasteiger partial charge is 0.411 e. The van der Waals surface area contributed by atoms with Crippen LogP contribution in [-0.2, 0) is 6.42 Å². The molecule has 2 heterocycles. The van der Waals surface area contributed by atoms with E-state index in [1.54, 1.807) is 12.4 Å². The van der Waals surface area contributed by atoms with Crippen molar-refractivity contribution in [1.29, 1.82) is 0 Å². The molecule has 7 nitrogen and oxygen atoms in total. The fraction of sp³-hybridized carbons (Fsp3) is 0.174. The van der Waals surface area contributed by atoms with Crippen molar-refractivity contribution in [3.05, 3.63) is 72.2 Å². The molecular formula is C23H22N6O. The van der Waals surface area contributed by atoms with Gasteiger partial charge in [-0.05, 0) is 49.6 Å². The Morgan fingerprint density at radius 2 is 2.07 bits per heavy atom. The summed E-state index contributed by atoms with van der Waals surface area (Å²) < 4.78 is 2.01. The lowest BCUT2D eigenvalue weighted by Gasteiger charge is -2.11. The van der Waals surface area contributed by atoms with Crippen molar-refractivity contribution in [2.24, 2.45) is 5.16 Å². The van der Waals surface area contributed by atoms with Crippen molar-refractivity contribution in [3.8, 4) is 11.3 Å². The van der Waals surface area contributed by atoms with Gasteiger partial charge in [0, 0.05) is 41.4 Å². The Kier molecular flexibility index (Phi) is 4.55. The summed E-state index contributed by atoms with van der Waals surface area (Å²) in [5.74, 6) is 0.884. The van der Waals surface area contributed by atoms with Gasteiger partial charge in [-0.15, -0.1) is 0 Å². The molecule has 2 aromatic carbocycles. The number of aromatic nitrogens is 3. The number of oxime groups is 1. The summed E-state index contributed by atoms with van der Waals surface area (Å²) in [7, 11) is 0. The predicted octanol–water partition coefficient (Wildman–Crippen LogP) is 4.70. The second kappa shape index (κ2) is 7.51. The highest BCUT2D eigenvalue weighted by molar-refractivity contribution is 6.04. The van der Waals surface area contributed by atoms with Gasteiger partial charge >= 0.3 is 0 Å². The van der Waals surface area contributed by atoms with E-state index in [2.05, 4.69) is 52.0 Å². The average molecular weight is 398 g/mol. The number of imidazole rings is 1. The van der Waals surface area contributed by atoms with Crippen LogP contribution in [0.3, 0.4) is 0 Å². The summed E-state index contributed by atoms with van der Waals surface area (Å²) in [5.41, 5.74) is 7.64. The quantitative estimate of drug-likeness (QED) is 0.335. The first kappa shape index (κ1) is 18.2. The third kappa shape index (κ3) is 3.14. The minimum absolute atomic E-state index is 0.748. The lowest BCUT2D eigenvalue weighted by Crippen LogP contribution is -2.00. The third-order valence-corrected chi connectivity index (χ3v) is 5.38. The number of hydrogen-bond donors (Lipinski definition) is 3. The molecule has 4 aromatic rings. The maximum Gasteiger partial charge on any atom is 0.157 e. The summed E-state index contributed by atoms with van der Waals surface area (Å²) in [6.45, 7) is 2.94. The van der Waals surface area contributed by atoms with E-state index in [4.69, 9.17) is 4.98 Å². The van der Waals surface area contributed by atoms with Crippen LogP contribution < -0.4 is 10.6 Å². The number of benzene rings is 2. The molecule has 0 unspecified atom stereocenters. The first-order valence-corrected chi connectivity index (χ1v) is 10.0. The number of anilines is 3. The summed E-state index contributed by atoms with van der Waals surface area (Å²) in [6.07, 6.45) is 7.06. The molecule has 3 N–H and O–H groups in total. The summed E-state index contributed by atoms with van der Waals surface area (Å²) in [4.78, 5) is 9.06. The van der Waals surface area contributed by atoms with Gasteiger partial charge in [0.15, 0.2) is 5.65 Å². The molecule has 0 spiro atoms. The van der Waals surface area contributed by atoms with Crippen LogP contribution in [0.5, 0.6) is 0 Å². The zero-order chi connectivity index (χ0) is 20.5. The molecule has 0 fully saturated rings. The number of rotatable bonds is 5. The lowest BCUT2D eigenvalue weighted by molar-refractivity contribution is 0.318. The van der Waals surface area contributed by atoms with Gasteiger partial charge in [-0.2, -0.15) is 0 Å². The van der Waals surface area contributed by atoms with Crippen molar-refractivity contribution in [3.63, 3.8) is 0 Å². The van der Waals surface area contributed by atoms with E-state index in [1.807, 2.05) is 28.8 Å². The molecule has 0 amide bonds. The van der Waals surface area contributed by atoms with Gasteiger partial charge in [0.1, 0.15) is 11.5 Å². The Hall–Kier alpha value is -3.87. The Balaban J connectivity index is 1.59. The highest BCUT2D eigenvalue weighted by Crippen LogP contribution is 2.33. The molecular weight excluding hydrogens is 376 g/mol. The number of hydrogen-bond acceptors (Lipinski definition) is 6. The molecule has 150 valence electrons. The van der Waals surface area contributed by atoms with E-state index in [9.17, 15) is 5.21 Å². The highest BCUT2D eigenvalue weighted by Gasteiger charge is 2.20. The van der Waals surface area contributed by atoms with Crippen LogP contribution in [0.25, 0.3) is 16.9 Å². The Labute approximate surface area is 174 Å². The molecule has 1 aliphatic rings. The number of nitrogens with one attached hydrogen (secondary N) is 2. The molecule has 0 aliphatic heterocycles. The lowest BCUT2D eigenvalue weighted by atomic mass is 10.1. The molecule has 5 rings (SSSR count). The van der Waals surface area contributed by atoms with Crippen LogP contribution >= 0.6 is 0 Å². The number of aryl methyl sites for hydroxylation is 1. The number of fused-ring (bicyclic) bond motifs is 2. The normalized spacial score (nSPS) is 14.2. The minimum atomic E-state index is 0.748. The van der Waals surface area contributed by atoms with Crippen molar-refractivity contribution >= 4 is 28.6 Å². The Bertz CT molecular complexity index is 1260. The van der Waals surface area contributed by atoms with Crippen LogP contribution in [0.4, 0.5) is 17.2 Å². The van der Waals surface area contributed by atoms with Crippen molar-refractivity contribution < 1.29 is 5.21 Å². The Morgan fingerprint density at radius 1 is 1.13 bits per heavy atom. The van der Waals surface area contributed by atoms with Crippen molar-refractivity contribution in [2.75, 3.05) is 17.2 Å². The fourth-order valence-electron chi connectivity index (χ4n) is 4.00. The summed E-state index contributed by atoms with van der Waals surface area (Å²) in [5, 5.41) is 19.5. The highest BCUT2D eigenvalue weighted by atomic mass is 16.4. The molecule has 7 heteroatoms. The standard InChI is InChI=1S/C23H22N6O/c1-2-25-17-5-3-4-16(13-17)22-23(29-11-10-24-14-21(29)27-22)26-18-7-8-19-15(12-18)6-9-20(19)28-30/h3-5,7-8,10-14,25-26,30H,2,6,9H2,1H3. The minimum Gasteiger partial charge on any atom is -0.411 e. The third-order valence-electron chi connectivity index (χ3n) is 5.38. The zero-order valence-electron chi connectivity index (χ0n) is 16.6. The second-order valence-electron chi connectivity index (χ2n) is 7.27. The molecule has 0 radical (unpaired) electrons. The fourth-order valence-corrected chi connectivity index (χ4v) is 4.00. The molecule has 0 bridgehead atoms. The number of nitrogens with zero attached hydrogens (tertiary/aromatic N) is 4. The van der Waals surface area contributed by atoms with Crippen LogP contribution in [0, 0.1) is 0 Å². The second-order valence-corrected chi connectivity index (χ2v) is 7.27. The molecule has 1 aliphatic carbocycles. The van der Waals surface area contributed by atoms with Gasteiger partial charge in [0.25, 0.3) is 0 Å². The van der Waals surface area contributed by atoms with E-state index < -0.39 is 0 Å². The van der Waals surface area contributed by atoms with Crippen molar-refractivity contribution in [2.45, 2.75) is 19.8 Å². The van der Waals surface area contributed by atoms with Gasteiger partial charge in [-0.3, -0.25) is 9.38 Å². The van der Waals surface area contributed by atoms with Gasteiger partial charge in [0.2, 0.25) is 0 Å². The molecule has 0 saturated heterocycles. The van der Waals surface area contributed by atoms with Gasteiger partial charge in [0.05, 0.1) is 11.9 Å². The SMILES string of the molecule is CCNc1cccc(-c2nc3cnccn3c2Nc2ccc3c(c2)CCC3=NO)c1. The smallest absolute Gasteiger partial charge is 0.157 e. The first-order chi connectivity index (χ1) is 14.8. The first-order valence-electron chi connectivity index (χ1n) is 10.0. The zero-order valence-corrected chi connectivity index (χ0v) is 16.6. The van der Waals surface area contributed by atoms with Crippen LogP contribution in [-0.4, -0.2) is 31.8 Å². The van der Waals surface area contributed by atoms with E-state index in [0.29, 0.717) is 0 Å². The Morgan fingerprint density at radius 3 is 2.93 bits per heavy atom. The van der Waals surface area contributed by atoms with Gasteiger partial charge in [-0.25, -0.2) is 4.98 Å². The maximum absolute atomic E-state index is 9.18. The van der Waals surface area contributed by atoms with Crippen LogP contribution in [0.2, 0.25) is 0 Å². The average Bonchev–Trinajstić information content (AvgIpc) is 3.35. The van der Waals surface area contributed by atoms with E-state index in [0.717, 1.165) is 64.8 Å². The maximum atomic E-state index is 9.18. The van der Waals surface area contributed by atoms with E-state index >= 15 is 0 Å². The van der Waals surface area contributed by atoms with Crippen LogP contribution in [0.1, 0.15) is 24.5 Å². The van der Waals surface area contributed by atoms with Crippen molar-refractivity contribution in [1.82, 2.24) is 14.4 Å². The predicted molar refractivity (Wildman–Crippen MR) is 119 cm³/mol. The molecule has 0 saturated carbocycles. The van der Waals surface area contributed by atoms with E-state index in [-0.39, 0.29) is 0 Å². The summed E-state index contributed by atoms with van der Waals surface area (Å²) >= 11 is 0. The summed E-state index contributed by atoms with van der Waals surface area (Å²) in [6, 6.07) is 14.4. The van der Waals surface area contributed by atoms with Crippen LogP contribution in [0.15, 0.2) is 66.2 Å². The van der Waals surface area contributed by atoms with Gasteiger partial charge in [-0.1, -0.05) is 23.4 Å². The molecule has 2 aromatic heterocycles. The van der Waals surface area contributed by atoms with E-state index in [1.165, 1.54) is 5.56 Å². The topological polar surface area (TPSA) is 86.8 Å². The monoisotopic (exact) mass is 398 g/mol. The molecule has 30 heavy (non-hydrogen) atoms. The molecule has 0 atom stereocenters.